The lowest BCUT2D eigenvalue weighted by Gasteiger charge is -2.15. The minimum Gasteiger partial charge on any atom is -0.198 e. The smallest absolute Gasteiger partial charge is 0.198 e. The van der Waals surface area contributed by atoms with Gasteiger partial charge in [-0.2, -0.15) is 9.83 Å². The first-order valence-corrected chi connectivity index (χ1v) is 9.13. The van der Waals surface area contributed by atoms with Crippen molar-refractivity contribution in [2.45, 2.75) is 41.0 Å². The van der Waals surface area contributed by atoms with Crippen molar-refractivity contribution >= 4 is 10.9 Å². The number of pyridine rings is 1. The fraction of sp³-hybridized carbons (Fsp3) is 0.333. The van der Waals surface area contributed by atoms with Gasteiger partial charge in [0, 0.05) is 23.1 Å². The topological polar surface area (TPSA) is 27.7 Å². The Morgan fingerprint density at radius 3 is 2.38 bits per heavy atom. The number of benzene rings is 2. The van der Waals surface area contributed by atoms with E-state index in [0.717, 1.165) is 6.42 Å². The summed E-state index contributed by atoms with van der Waals surface area (Å²) in [5.74, 6) is 0. The maximum Gasteiger partial charge on any atom is 0.213 e. The predicted molar refractivity (Wildman–Crippen MR) is 108 cm³/mol. The van der Waals surface area contributed by atoms with Gasteiger partial charge in [0.25, 0.3) is 0 Å². The van der Waals surface area contributed by atoms with Gasteiger partial charge in [-0.3, -0.25) is 0 Å². The number of hydrogen-bond acceptors (Lipinski definition) is 1. The first-order chi connectivity index (χ1) is 12.2. The molecule has 0 saturated carbocycles. The van der Waals surface area contributed by atoms with Gasteiger partial charge in [-0.05, 0) is 75.9 Å². The second kappa shape index (κ2) is 6.57. The fourth-order valence-electron chi connectivity index (χ4n) is 3.67. The summed E-state index contributed by atoms with van der Waals surface area (Å²) in [7, 11) is 2.13. The summed E-state index contributed by atoms with van der Waals surface area (Å²) < 4.78 is 2.28. The third-order valence-corrected chi connectivity index (χ3v) is 5.27. The molecular weight excluding hydrogens is 316 g/mol. The average Bonchev–Trinajstić information content (AvgIpc) is 2.59. The summed E-state index contributed by atoms with van der Waals surface area (Å²) in [4.78, 5) is 0. The summed E-state index contributed by atoms with van der Waals surface area (Å²) in [5.41, 5.74) is 8.49. The molecule has 0 radical (unpaired) electrons. The minimum atomic E-state index is -0.353. The molecule has 1 heterocycles. The summed E-state index contributed by atoms with van der Waals surface area (Å²) in [5, 5.41) is 10.6. The van der Waals surface area contributed by atoms with Crippen molar-refractivity contribution in [2.24, 2.45) is 12.5 Å². The molecule has 26 heavy (non-hydrogen) atoms. The molecule has 0 aliphatic rings. The summed E-state index contributed by atoms with van der Waals surface area (Å²) in [6.45, 7) is 10.5. The fourth-order valence-corrected chi connectivity index (χ4v) is 3.67. The first kappa shape index (κ1) is 18.1. The predicted octanol–water partition coefficient (Wildman–Crippen LogP) is 5.35. The molecular formula is C24H27N2+. The summed E-state index contributed by atoms with van der Waals surface area (Å²) in [6, 6.07) is 17.9. The number of nitriles is 1. The highest BCUT2D eigenvalue weighted by Gasteiger charge is 2.20. The van der Waals surface area contributed by atoms with E-state index < -0.39 is 0 Å². The lowest BCUT2D eigenvalue weighted by atomic mass is 9.87. The molecule has 0 saturated heterocycles. The molecule has 0 aliphatic carbocycles. The standard InChI is InChI=1S/C24H27N2/c1-16-11-17(2)18(3)21(12-16)22-10-9-20-8-7-19(13-23(20)26(22)6)14-24(4,5)15-25/h7-13H,14H2,1-6H3/q+1. The zero-order chi connectivity index (χ0) is 19.1. The van der Waals surface area contributed by atoms with Gasteiger partial charge < -0.3 is 0 Å². The van der Waals surface area contributed by atoms with Crippen molar-refractivity contribution in [1.29, 1.82) is 5.26 Å². The van der Waals surface area contributed by atoms with E-state index in [1.54, 1.807) is 0 Å². The Morgan fingerprint density at radius 2 is 1.69 bits per heavy atom. The molecule has 0 fully saturated rings. The Hall–Kier alpha value is -2.66. The Balaban J connectivity index is 2.18. The Kier molecular flexibility index (Phi) is 4.59. The van der Waals surface area contributed by atoms with E-state index in [-0.39, 0.29) is 5.41 Å². The van der Waals surface area contributed by atoms with E-state index in [4.69, 9.17) is 0 Å². The normalized spacial score (nSPS) is 11.6. The van der Waals surface area contributed by atoms with E-state index in [9.17, 15) is 5.26 Å². The van der Waals surface area contributed by atoms with Gasteiger partial charge in [0.1, 0.15) is 7.05 Å². The molecule has 0 N–H and O–H groups in total. The number of nitrogens with zero attached hydrogens (tertiary/aromatic N) is 2. The van der Waals surface area contributed by atoms with Crippen LogP contribution in [-0.4, -0.2) is 0 Å². The lowest BCUT2D eigenvalue weighted by molar-refractivity contribution is -0.633. The minimum absolute atomic E-state index is 0.353. The molecule has 2 aromatic carbocycles. The van der Waals surface area contributed by atoms with Crippen LogP contribution in [0.3, 0.4) is 0 Å². The Morgan fingerprint density at radius 1 is 1.00 bits per heavy atom. The van der Waals surface area contributed by atoms with Crippen LogP contribution in [0.15, 0.2) is 42.5 Å². The highest BCUT2D eigenvalue weighted by Crippen LogP contribution is 2.27. The third-order valence-electron chi connectivity index (χ3n) is 5.27. The number of fused-ring (bicyclic) bond motifs is 1. The molecule has 3 rings (SSSR count). The van der Waals surface area contributed by atoms with Gasteiger partial charge in [-0.1, -0.05) is 17.7 Å². The molecule has 2 nitrogen and oxygen atoms in total. The molecule has 3 aromatic rings. The molecule has 132 valence electrons. The summed E-state index contributed by atoms with van der Waals surface area (Å²) in [6.07, 6.45) is 0.756. The van der Waals surface area contributed by atoms with Gasteiger partial charge in [0.15, 0.2) is 0 Å². The van der Waals surface area contributed by atoms with E-state index in [1.807, 2.05) is 13.8 Å². The maximum absolute atomic E-state index is 9.34. The first-order valence-electron chi connectivity index (χ1n) is 9.13. The van der Waals surface area contributed by atoms with Crippen molar-refractivity contribution in [3.8, 4) is 17.3 Å². The molecule has 0 atom stereocenters. The van der Waals surface area contributed by atoms with Crippen LogP contribution in [0.5, 0.6) is 0 Å². The molecule has 2 heteroatoms. The van der Waals surface area contributed by atoms with Crippen LogP contribution < -0.4 is 4.57 Å². The maximum atomic E-state index is 9.34. The van der Waals surface area contributed by atoms with E-state index in [2.05, 4.69) is 80.9 Å². The van der Waals surface area contributed by atoms with Gasteiger partial charge in [-0.15, -0.1) is 0 Å². The van der Waals surface area contributed by atoms with Crippen molar-refractivity contribution < 1.29 is 4.57 Å². The quantitative estimate of drug-likeness (QED) is 0.589. The number of aromatic nitrogens is 1. The van der Waals surface area contributed by atoms with Crippen LogP contribution in [0.2, 0.25) is 0 Å². The van der Waals surface area contributed by atoms with Crippen LogP contribution >= 0.6 is 0 Å². The zero-order valence-electron chi connectivity index (χ0n) is 16.6. The van der Waals surface area contributed by atoms with Crippen LogP contribution in [0.25, 0.3) is 22.2 Å². The van der Waals surface area contributed by atoms with Crippen LogP contribution in [0, 0.1) is 37.5 Å². The average molecular weight is 343 g/mol. The molecule has 0 spiro atoms. The van der Waals surface area contributed by atoms with Gasteiger partial charge in [0.2, 0.25) is 11.2 Å². The van der Waals surface area contributed by atoms with E-state index in [0.29, 0.717) is 0 Å². The summed E-state index contributed by atoms with van der Waals surface area (Å²) >= 11 is 0. The SMILES string of the molecule is Cc1cc(C)c(C)c(-c2ccc3ccc(CC(C)(C)C#N)cc3[n+]2C)c1. The van der Waals surface area contributed by atoms with Crippen molar-refractivity contribution in [2.75, 3.05) is 0 Å². The second-order valence-corrected chi connectivity index (χ2v) is 8.10. The van der Waals surface area contributed by atoms with Crippen molar-refractivity contribution in [3.05, 3.63) is 64.7 Å². The number of hydrogen-bond donors (Lipinski definition) is 0. The second-order valence-electron chi connectivity index (χ2n) is 8.10. The largest absolute Gasteiger partial charge is 0.213 e. The lowest BCUT2D eigenvalue weighted by Crippen LogP contribution is -2.32. The molecule has 0 amide bonds. The highest BCUT2D eigenvalue weighted by atomic mass is 14.9. The van der Waals surface area contributed by atoms with Crippen LogP contribution in [-0.2, 0) is 13.5 Å². The highest BCUT2D eigenvalue weighted by molar-refractivity contribution is 5.79. The van der Waals surface area contributed by atoms with Crippen molar-refractivity contribution in [3.63, 3.8) is 0 Å². The van der Waals surface area contributed by atoms with Gasteiger partial charge >= 0.3 is 0 Å². The third kappa shape index (κ3) is 3.35. The van der Waals surface area contributed by atoms with E-state index in [1.165, 1.54) is 44.4 Å². The van der Waals surface area contributed by atoms with Crippen LogP contribution in [0.4, 0.5) is 0 Å². The number of rotatable bonds is 3. The van der Waals surface area contributed by atoms with Gasteiger partial charge in [0.05, 0.1) is 11.5 Å². The monoisotopic (exact) mass is 343 g/mol. The molecule has 1 aromatic heterocycles. The van der Waals surface area contributed by atoms with Gasteiger partial charge in [-0.25, -0.2) is 0 Å². The Bertz CT molecular complexity index is 1040. The van der Waals surface area contributed by atoms with Crippen LogP contribution in [0.1, 0.15) is 36.1 Å². The van der Waals surface area contributed by atoms with Crippen molar-refractivity contribution in [1.82, 2.24) is 0 Å². The molecule has 0 aliphatic heterocycles. The molecule has 0 bridgehead atoms. The number of aryl methyl sites for hydroxylation is 3. The van der Waals surface area contributed by atoms with E-state index >= 15 is 0 Å². The molecule has 0 unspecified atom stereocenters. The zero-order valence-corrected chi connectivity index (χ0v) is 16.6. The Labute approximate surface area is 156 Å².